The van der Waals surface area contributed by atoms with E-state index < -0.39 is 0 Å². The fraction of sp³-hybridized carbons (Fsp3) is 0.647. The summed E-state index contributed by atoms with van der Waals surface area (Å²) in [6.07, 6.45) is 0.443. The summed E-state index contributed by atoms with van der Waals surface area (Å²) in [5, 5.41) is 0. The zero-order valence-electron chi connectivity index (χ0n) is 14.0. The van der Waals surface area contributed by atoms with Crippen molar-refractivity contribution >= 4 is 0 Å². The highest BCUT2D eigenvalue weighted by Crippen LogP contribution is 2.22. The maximum atomic E-state index is 5.67. The number of nitrogens with one attached hydrogen (secondary N) is 1. The summed E-state index contributed by atoms with van der Waals surface area (Å²) in [7, 11) is 0. The first-order valence-corrected chi connectivity index (χ1v) is 7.71. The standard InChI is InChI=1S/C17H30N2O2/c1-6-20-16(21-7-2)15(19-18)12-13-8-10-14(11-9-13)17(3,4)5/h8-11,15-16,19H,6-7,12,18H2,1-5H3. The van der Waals surface area contributed by atoms with Crippen LogP contribution in [0.3, 0.4) is 0 Å². The second kappa shape index (κ2) is 8.49. The number of hydrazine groups is 1. The SMILES string of the molecule is CCOC(OCC)C(Cc1ccc(C(C)(C)C)cc1)NN. The molecule has 0 radical (unpaired) electrons. The smallest absolute Gasteiger partial charge is 0.174 e. The third-order valence-corrected chi connectivity index (χ3v) is 3.48. The number of benzene rings is 1. The first-order valence-electron chi connectivity index (χ1n) is 7.71. The van der Waals surface area contributed by atoms with Gasteiger partial charge in [-0.25, -0.2) is 0 Å². The van der Waals surface area contributed by atoms with Crippen LogP contribution in [0.5, 0.6) is 0 Å². The Bertz CT molecular complexity index is 392. The predicted octanol–water partition coefficient (Wildman–Crippen LogP) is 2.76. The van der Waals surface area contributed by atoms with E-state index in [0.717, 1.165) is 6.42 Å². The number of rotatable bonds is 8. The van der Waals surface area contributed by atoms with Gasteiger partial charge >= 0.3 is 0 Å². The molecule has 1 atom stereocenters. The van der Waals surface area contributed by atoms with E-state index in [2.05, 4.69) is 50.5 Å². The van der Waals surface area contributed by atoms with Gasteiger partial charge in [-0.2, -0.15) is 0 Å². The van der Waals surface area contributed by atoms with Crippen LogP contribution in [0.2, 0.25) is 0 Å². The Hall–Kier alpha value is -0.940. The molecule has 0 aliphatic heterocycles. The molecule has 0 fully saturated rings. The number of ether oxygens (including phenoxy) is 2. The van der Waals surface area contributed by atoms with E-state index in [0.29, 0.717) is 13.2 Å². The van der Waals surface area contributed by atoms with Gasteiger partial charge in [-0.05, 0) is 36.8 Å². The van der Waals surface area contributed by atoms with Crippen molar-refractivity contribution in [2.75, 3.05) is 13.2 Å². The Labute approximate surface area is 129 Å². The molecule has 0 bridgehead atoms. The average molecular weight is 294 g/mol. The lowest BCUT2D eigenvalue weighted by Crippen LogP contribution is -2.48. The van der Waals surface area contributed by atoms with Crippen LogP contribution < -0.4 is 11.3 Å². The summed E-state index contributed by atoms with van der Waals surface area (Å²) in [4.78, 5) is 0. The minimum Gasteiger partial charge on any atom is -0.351 e. The van der Waals surface area contributed by atoms with E-state index in [1.807, 2.05) is 13.8 Å². The number of hydrogen-bond acceptors (Lipinski definition) is 4. The maximum absolute atomic E-state index is 5.67. The fourth-order valence-electron chi connectivity index (χ4n) is 2.24. The van der Waals surface area contributed by atoms with Crippen LogP contribution >= 0.6 is 0 Å². The zero-order valence-corrected chi connectivity index (χ0v) is 14.0. The lowest BCUT2D eigenvalue weighted by Gasteiger charge is -2.26. The van der Waals surface area contributed by atoms with Gasteiger partial charge in [0.2, 0.25) is 0 Å². The van der Waals surface area contributed by atoms with Gasteiger partial charge in [0.15, 0.2) is 6.29 Å². The van der Waals surface area contributed by atoms with Crippen molar-refractivity contribution in [1.29, 1.82) is 0 Å². The van der Waals surface area contributed by atoms with Gasteiger partial charge in [0.1, 0.15) is 0 Å². The molecule has 4 nitrogen and oxygen atoms in total. The van der Waals surface area contributed by atoms with Crippen LogP contribution in [0.4, 0.5) is 0 Å². The Morgan fingerprint density at radius 2 is 1.57 bits per heavy atom. The first kappa shape index (κ1) is 18.1. The molecule has 0 heterocycles. The largest absolute Gasteiger partial charge is 0.351 e. The molecule has 1 rings (SSSR count). The van der Waals surface area contributed by atoms with Gasteiger partial charge in [0.05, 0.1) is 6.04 Å². The highest BCUT2D eigenvalue weighted by molar-refractivity contribution is 5.28. The van der Waals surface area contributed by atoms with Crippen LogP contribution in [-0.4, -0.2) is 25.5 Å². The average Bonchev–Trinajstić information content (AvgIpc) is 2.44. The summed E-state index contributed by atoms with van der Waals surface area (Å²) < 4.78 is 11.2. The molecule has 0 saturated carbocycles. The van der Waals surface area contributed by atoms with Gasteiger partial charge in [-0.1, -0.05) is 45.0 Å². The van der Waals surface area contributed by atoms with Crippen molar-refractivity contribution in [1.82, 2.24) is 5.43 Å². The molecule has 1 aromatic carbocycles. The predicted molar refractivity (Wildman–Crippen MR) is 87.0 cm³/mol. The molecule has 1 aromatic rings. The van der Waals surface area contributed by atoms with Gasteiger partial charge in [-0.15, -0.1) is 0 Å². The molecule has 120 valence electrons. The molecule has 0 amide bonds. The van der Waals surface area contributed by atoms with Crippen LogP contribution in [0.15, 0.2) is 24.3 Å². The lowest BCUT2D eigenvalue weighted by molar-refractivity contribution is -0.153. The second-order valence-corrected chi connectivity index (χ2v) is 6.20. The van der Waals surface area contributed by atoms with Gasteiger partial charge in [-0.3, -0.25) is 11.3 Å². The Kier molecular flexibility index (Phi) is 7.32. The molecular formula is C17H30N2O2. The quantitative estimate of drug-likeness (QED) is 0.440. The summed E-state index contributed by atoms with van der Waals surface area (Å²) in [6.45, 7) is 11.8. The van der Waals surface area contributed by atoms with E-state index in [1.54, 1.807) is 0 Å². The van der Waals surface area contributed by atoms with Crippen LogP contribution in [0.1, 0.15) is 45.7 Å². The minimum absolute atomic E-state index is 0.0645. The monoisotopic (exact) mass is 294 g/mol. The van der Waals surface area contributed by atoms with Gasteiger partial charge in [0, 0.05) is 13.2 Å². The normalized spacial score (nSPS) is 13.7. The van der Waals surface area contributed by atoms with E-state index in [-0.39, 0.29) is 17.7 Å². The Balaban J connectivity index is 2.76. The minimum atomic E-state index is -0.327. The molecular weight excluding hydrogens is 264 g/mol. The van der Waals surface area contributed by atoms with E-state index in [1.165, 1.54) is 11.1 Å². The molecule has 0 aliphatic carbocycles. The third kappa shape index (κ3) is 5.75. The van der Waals surface area contributed by atoms with E-state index >= 15 is 0 Å². The summed E-state index contributed by atoms with van der Waals surface area (Å²) in [6, 6.07) is 8.60. The molecule has 0 spiro atoms. The topological polar surface area (TPSA) is 56.5 Å². The van der Waals surface area contributed by atoms with E-state index in [4.69, 9.17) is 15.3 Å². The second-order valence-electron chi connectivity index (χ2n) is 6.20. The Morgan fingerprint density at radius 3 is 1.95 bits per heavy atom. The summed E-state index contributed by atoms with van der Waals surface area (Å²) in [5.74, 6) is 5.67. The Morgan fingerprint density at radius 1 is 1.05 bits per heavy atom. The third-order valence-electron chi connectivity index (χ3n) is 3.48. The van der Waals surface area contributed by atoms with E-state index in [9.17, 15) is 0 Å². The van der Waals surface area contributed by atoms with Crippen molar-refractivity contribution in [3.05, 3.63) is 35.4 Å². The number of nitrogens with two attached hydrogens (primary N) is 1. The molecule has 3 N–H and O–H groups in total. The van der Waals surface area contributed by atoms with Gasteiger partial charge < -0.3 is 9.47 Å². The van der Waals surface area contributed by atoms with Crippen molar-refractivity contribution in [3.63, 3.8) is 0 Å². The summed E-state index contributed by atoms with van der Waals surface area (Å²) >= 11 is 0. The highest BCUT2D eigenvalue weighted by Gasteiger charge is 2.22. The molecule has 21 heavy (non-hydrogen) atoms. The van der Waals surface area contributed by atoms with Crippen molar-refractivity contribution in [2.45, 2.75) is 58.8 Å². The molecule has 0 aliphatic rings. The van der Waals surface area contributed by atoms with Crippen LogP contribution in [0, 0.1) is 0 Å². The number of hydrogen-bond donors (Lipinski definition) is 2. The zero-order chi connectivity index (χ0) is 15.9. The van der Waals surface area contributed by atoms with Crippen molar-refractivity contribution in [3.8, 4) is 0 Å². The molecule has 4 heteroatoms. The molecule has 0 aromatic heterocycles. The van der Waals surface area contributed by atoms with Crippen LogP contribution in [-0.2, 0) is 21.3 Å². The summed E-state index contributed by atoms with van der Waals surface area (Å²) in [5.41, 5.74) is 5.53. The maximum Gasteiger partial charge on any atom is 0.174 e. The van der Waals surface area contributed by atoms with Crippen molar-refractivity contribution < 1.29 is 9.47 Å². The molecule has 1 unspecified atom stereocenters. The van der Waals surface area contributed by atoms with Crippen LogP contribution in [0.25, 0.3) is 0 Å². The van der Waals surface area contributed by atoms with Gasteiger partial charge in [0.25, 0.3) is 0 Å². The fourth-order valence-corrected chi connectivity index (χ4v) is 2.24. The molecule has 0 saturated heterocycles. The van der Waals surface area contributed by atoms with Crippen molar-refractivity contribution in [2.24, 2.45) is 5.84 Å². The lowest BCUT2D eigenvalue weighted by atomic mass is 9.86. The highest BCUT2D eigenvalue weighted by atomic mass is 16.7. The first-order chi connectivity index (χ1) is 9.92.